The number of guanidine groups is 1. The molecule has 4 unspecified atom stereocenters. The SMILES string of the molecule is CC(O)C(N)C(=O)NC(CCCN=C(N)N)C(=O)NC(Cc1c[nH]c2ccccc12)C(=O)NCC(=O)O. The molecule has 37 heavy (non-hydrogen) atoms. The van der Waals surface area contributed by atoms with Crippen LogP contribution < -0.4 is 33.2 Å². The molecule has 0 bridgehead atoms. The van der Waals surface area contributed by atoms with Gasteiger partial charge in [0, 0.05) is 30.1 Å². The molecule has 0 spiro atoms. The first-order chi connectivity index (χ1) is 17.5. The second-order valence-electron chi connectivity index (χ2n) is 8.51. The van der Waals surface area contributed by atoms with Gasteiger partial charge in [0.25, 0.3) is 0 Å². The highest BCUT2D eigenvalue weighted by atomic mass is 16.4. The first kappa shape index (κ1) is 29.1. The molecule has 14 heteroatoms. The first-order valence-corrected chi connectivity index (χ1v) is 11.6. The lowest BCUT2D eigenvalue weighted by Gasteiger charge is -2.24. The number of fused-ring (bicyclic) bond motifs is 1. The maximum Gasteiger partial charge on any atom is 0.322 e. The van der Waals surface area contributed by atoms with E-state index in [1.165, 1.54) is 6.92 Å². The number of aromatic amines is 1. The minimum Gasteiger partial charge on any atom is -0.480 e. The summed E-state index contributed by atoms with van der Waals surface area (Å²) in [5, 5.41) is 26.8. The molecule has 2 aromatic rings. The molecule has 0 aliphatic heterocycles. The summed E-state index contributed by atoms with van der Waals surface area (Å²) in [6.07, 6.45) is 0.977. The number of amides is 3. The molecule has 1 aromatic carbocycles. The van der Waals surface area contributed by atoms with Crippen molar-refractivity contribution in [2.45, 2.75) is 50.4 Å². The molecule has 1 aromatic heterocycles. The van der Waals surface area contributed by atoms with E-state index in [4.69, 9.17) is 22.3 Å². The zero-order valence-electron chi connectivity index (χ0n) is 20.4. The number of nitrogens with zero attached hydrogens (tertiary/aromatic N) is 1. The number of carbonyl (C=O) groups excluding carboxylic acids is 3. The summed E-state index contributed by atoms with van der Waals surface area (Å²) in [5.41, 5.74) is 17.9. The molecule has 0 aliphatic rings. The fraction of sp³-hybridized carbons (Fsp3) is 0.435. The van der Waals surface area contributed by atoms with E-state index in [-0.39, 0.29) is 25.3 Å². The number of H-pyrrole nitrogens is 1. The fourth-order valence-corrected chi connectivity index (χ4v) is 3.55. The zero-order valence-corrected chi connectivity index (χ0v) is 20.4. The van der Waals surface area contributed by atoms with Crippen molar-refractivity contribution >= 4 is 40.6 Å². The maximum atomic E-state index is 13.2. The third-order valence-corrected chi connectivity index (χ3v) is 5.55. The molecule has 3 amide bonds. The van der Waals surface area contributed by atoms with Crippen LogP contribution >= 0.6 is 0 Å². The van der Waals surface area contributed by atoms with E-state index in [1.807, 2.05) is 24.3 Å². The van der Waals surface area contributed by atoms with Crippen molar-refractivity contribution < 1.29 is 29.4 Å². The number of aliphatic hydroxyl groups is 1. The molecular formula is C23H34N8O6. The summed E-state index contributed by atoms with van der Waals surface area (Å²) in [7, 11) is 0. The Morgan fingerprint density at radius 1 is 1.05 bits per heavy atom. The summed E-state index contributed by atoms with van der Waals surface area (Å²) in [4.78, 5) is 56.4. The molecule has 202 valence electrons. The van der Waals surface area contributed by atoms with Gasteiger partial charge in [0.1, 0.15) is 24.7 Å². The summed E-state index contributed by atoms with van der Waals surface area (Å²) >= 11 is 0. The predicted octanol–water partition coefficient (Wildman–Crippen LogP) is -2.36. The van der Waals surface area contributed by atoms with Crippen LogP contribution in [0.5, 0.6) is 0 Å². The van der Waals surface area contributed by atoms with Crippen LogP contribution in [0.1, 0.15) is 25.3 Å². The van der Waals surface area contributed by atoms with Gasteiger partial charge in [-0.05, 0) is 31.4 Å². The van der Waals surface area contributed by atoms with Gasteiger partial charge in [-0.15, -0.1) is 0 Å². The number of nitrogens with one attached hydrogen (secondary N) is 4. The Morgan fingerprint density at radius 2 is 1.73 bits per heavy atom. The van der Waals surface area contributed by atoms with E-state index in [2.05, 4.69) is 25.9 Å². The van der Waals surface area contributed by atoms with Gasteiger partial charge in [0.15, 0.2) is 5.96 Å². The molecule has 0 radical (unpaired) electrons. The minimum absolute atomic E-state index is 0.0447. The average molecular weight is 519 g/mol. The fourth-order valence-electron chi connectivity index (χ4n) is 3.55. The predicted molar refractivity (Wildman–Crippen MR) is 136 cm³/mol. The topological polar surface area (TPSA) is 251 Å². The van der Waals surface area contributed by atoms with Crippen LogP contribution in [0, 0.1) is 0 Å². The van der Waals surface area contributed by atoms with E-state index in [9.17, 15) is 24.3 Å². The van der Waals surface area contributed by atoms with Crippen LogP contribution in [-0.2, 0) is 25.6 Å². The van der Waals surface area contributed by atoms with Gasteiger partial charge in [0.2, 0.25) is 17.7 Å². The Bertz CT molecular complexity index is 1130. The third kappa shape index (κ3) is 9.09. The number of benzene rings is 1. The number of para-hydroxylation sites is 1. The lowest BCUT2D eigenvalue weighted by atomic mass is 10.0. The summed E-state index contributed by atoms with van der Waals surface area (Å²) in [6, 6.07) is 3.79. The van der Waals surface area contributed by atoms with E-state index in [1.54, 1.807) is 6.20 Å². The number of aliphatic imine (C=N–C) groups is 1. The number of nitrogens with two attached hydrogens (primary N) is 3. The molecule has 0 saturated heterocycles. The lowest BCUT2D eigenvalue weighted by Crippen LogP contribution is -2.57. The molecule has 2 rings (SSSR count). The Morgan fingerprint density at radius 3 is 2.38 bits per heavy atom. The summed E-state index contributed by atoms with van der Waals surface area (Å²) in [6.45, 7) is 0.880. The van der Waals surface area contributed by atoms with E-state index < -0.39 is 54.5 Å². The molecule has 1 heterocycles. The second kappa shape index (κ2) is 13.8. The van der Waals surface area contributed by atoms with Crippen LogP contribution in [0.25, 0.3) is 10.9 Å². The Hall–Kier alpha value is -4.17. The molecule has 12 N–H and O–H groups in total. The number of carbonyl (C=O) groups is 4. The van der Waals surface area contributed by atoms with Gasteiger partial charge in [-0.1, -0.05) is 18.2 Å². The van der Waals surface area contributed by atoms with Crippen molar-refractivity contribution in [3.05, 3.63) is 36.0 Å². The largest absolute Gasteiger partial charge is 0.480 e. The number of carboxylic acid groups (broad SMARTS) is 1. The van der Waals surface area contributed by atoms with Crippen molar-refractivity contribution in [3.8, 4) is 0 Å². The van der Waals surface area contributed by atoms with Gasteiger partial charge in [-0.25, -0.2) is 0 Å². The van der Waals surface area contributed by atoms with Gasteiger partial charge < -0.3 is 48.3 Å². The molecule has 0 aliphatic carbocycles. The number of rotatable bonds is 14. The Balaban J connectivity index is 2.25. The zero-order chi connectivity index (χ0) is 27.5. The van der Waals surface area contributed by atoms with Gasteiger partial charge in [0.05, 0.1) is 6.10 Å². The van der Waals surface area contributed by atoms with Crippen molar-refractivity contribution in [2.24, 2.45) is 22.2 Å². The van der Waals surface area contributed by atoms with Crippen LogP contribution in [0.4, 0.5) is 0 Å². The smallest absolute Gasteiger partial charge is 0.322 e. The summed E-state index contributed by atoms with van der Waals surface area (Å²) < 4.78 is 0. The number of aliphatic hydroxyl groups excluding tert-OH is 1. The minimum atomic E-state index is -1.28. The third-order valence-electron chi connectivity index (χ3n) is 5.55. The van der Waals surface area contributed by atoms with Crippen LogP contribution in [-0.4, -0.2) is 82.2 Å². The molecule has 0 fully saturated rings. The van der Waals surface area contributed by atoms with E-state index in [0.29, 0.717) is 6.42 Å². The van der Waals surface area contributed by atoms with Crippen molar-refractivity contribution in [1.82, 2.24) is 20.9 Å². The highest BCUT2D eigenvalue weighted by Crippen LogP contribution is 2.19. The quantitative estimate of drug-likeness (QED) is 0.0735. The standard InChI is InChI=1S/C23H34N8O6/c1-12(32)19(24)22(37)30-16(7-4-8-27-23(25)26)21(36)31-17(20(35)29-11-18(33)34)9-13-10-28-15-6-3-2-5-14(13)15/h2-3,5-6,10,12,16-17,19,28,32H,4,7-9,11,24H2,1H3,(H,29,35)(H,30,37)(H,31,36)(H,33,34)(H4,25,26,27). The molecular weight excluding hydrogens is 484 g/mol. The maximum absolute atomic E-state index is 13.2. The highest BCUT2D eigenvalue weighted by Gasteiger charge is 2.29. The molecule has 4 atom stereocenters. The molecule has 14 nitrogen and oxygen atoms in total. The summed E-state index contributed by atoms with van der Waals surface area (Å²) in [5.74, 6) is -3.56. The van der Waals surface area contributed by atoms with Crippen molar-refractivity contribution in [3.63, 3.8) is 0 Å². The van der Waals surface area contributed by atoms with Crippen LogP contribution in [0.2, 0.25) is 0 Å². The average Bonchev–Trinajstić information content (AvgIpc) is 3.25. The molecule has 0 saturated carbocycles. The Kier molecular flexibility index (Phi) is 10.8. The van der Waals surface area contributed by atoms with E-state index >= 15 is 0 Å². The number of carboxylic acids is 1. The van der Waals surface area contributed by atoms with Crippen molar-refractivity contribution in [1.29, 1.82) is 0 Å². The normalized spacial score (nSPS) is 14.1. The number of aliphatic carboxylic acids is 1. The van der Waals surface area contributed by atoms with Gasteiger partial charge >= 0.3 is 5.97 Å². The second-order valence-corrected chi connectivity index (χ2v) is 8.51. The number of hydrogen-bond donors (Lipinski definition) is 9. The highest BCUT2D eigenvalue weighted by molar-refractivity contribution is 5.94. The lowest BCUT2D eigenvalue weighted by molar-refractivity contribution is -0.138. The van der Waals surface area contributed by atoms with Crippen LogP contribution in [0.3, 0.4) is 0 Å². The van der Waals surface area contributed by atoms with Gasteiger partial charge in [-0.2, -0.15) is 0 Å². The number of hydrogen-bond acceptors (Lipinski definition) is 7. The van der Waals surface area contributed by atoms with Crippen molar-refractivity contribution in [2.75, 3.05) is 13.1 Å². The van der Waals surface area contributed by atoms with E-state index in [0.717, 1.165) is 16.5 Å². The monoisotopic (exact) mass is 518 g/mol. The Labute approximate surface area is 213 Å². The van der Waals surface area contributed by atoms with Crippen LogP contribution in [0.15, 0.2) is 35.5 Å². The number of aromatic nitrogens is 1. The van der Waals surface area contributed by atoms with Gasteiger partial charge in [-0.3, -0.25) is 24.2 Å². The first-order valence-electron chi connectivity index (χ1n) is 11.6.